The molecule has 0 saturated carbocycles. The van der Waals surface area contributed by atoms with Crippen LogP contribution in [0.15, 0.2) is 36.5 Å². The van der Waals surface area contributed by atoms with Crippen molar-refractivity contribution >= 4 is 19.8 Å². The van der Waals surface area contributed by atoms with E-state index in [1.54, 1.807) is 0 Å². The molecular weight excluding hydrogens is 671 g/mol. The zero-order valence-electron chi connectivity index (χ0n) is 32.1. The van der Waals surface area contributed by atoms with Crippen LogP contribution in [0, 0.1) is 0 Å². The summed E-state index contributed by atoms with van der Waals surface area (Å²) < 4.78 is 32.6. The summed E-state index contributed by atoms with van der Waals surface area (Å²) in [4.78, 5) is 34.9. The Bertz CT molecular complexity index is 952. The van der Waals surface area contributed by atoms with Crippen LogP contribution in [0.3, 0.4) is 0 Å². The molecule has 11 heteroatoms. The van der Waals surface area contributed by atoms with Crippen molar-refractivity contribution in [3.05, 3.63) is 36.5 Å². The van der Waals surface area contributed by atoms with Crippen molar-refractivity contribution < 1.29 is 47.8 Å². The fourth-order valence-corrected chi connectivity index (χ4v) is 6.03. The lowest BCUT2D eigenvalue weighted by Gasteiger charge is -2.20. The summed E-state index contributed by atoms with van der Waals surface area (Å²) in [7, 11) is -4.62. The first-order chi connectivity index (χ1) is 24.7. The van der Waals surface area contributed by atoms with E-state index >= 15 is 0 Å². The van der Waals surface area contributed by atoms with Gasteiger partial charge in [-0.3, -0.25) is 18.6 Å². The number of aliphatic hydroxyl groups is 2. The maximum Gasteiger partial charge on any atom is 0.472 e. The van der Waals surface area contributed by atoms with Crippen molar-refractivity contribution in [1.82, 2.24) is 0 Å². The molecule has 0 rings (SSSR count). The Hall–Kier alpha value is -1.81. The summed E-state index contributed by atoms with van der Waals surface area (Å²) in [5.74, 6) is -0.943. The number of esters is 2. The smallest absolute Gasteiger partial charge is 0.462 e. The number of allylic oxidation sites excluding steroid dienone is 6. The number of carbonyl (C=O) groups excluding carboxylic acids is 2. The summed E-state index contributed by atoms with van der Waals surface area (Å²) in [5.41, 5.74) is 0. The lowest BCUT2D eigenvalue weighted by atomic mass is 10.0. The van der Waals surface area contributed by atoms with Gasteiger partial charge < -0.3 is 24.6 Å². The Kier molecular flexibility index (Phi) is 35.2. The van der Waals surface area contributed by atoms with Crippen LogP contribution in [0.2, 0.25) is 0 Å². The maximum atomic E-state index is 12.6. The van der Waals surface area contributed by atoms with Gasteiger partial charge in [-0.05, 0) is 44.9 Å². The van der Waals surface area contributed by atoms with Crippen LogP contribution < -0.4 is 0 Å². The SMILES string of the molecule is CC/C=C\C/C=C\C/C=C\CCCCCCCC(=O)OC(COC(=O)CCCCCCCCCCCCCCC)COP(=O)(O)OCC(O)CO. The summed E-state index contributed by atoms with van der Waals surface area (Å²) >= 11 is 0. The molecule has 3 N–H and O–H groups in total. The van der Waals surface area contributed by atoms with Crippen molar-refractivity contribution in [2.45, 2.75) is 180 Å². The zero-order chi connectivity index (χ0) is 37.7. The van der Waals surface area contributed by atoms with E-state index in [-0.39, 0.29) is 19.4 Å². The Balaban J connectivity index is 4.37. The van der Waals surface area contributed by atoms with Crippen molar-refractivity contribution in [2.24, 2.45) is 0 Å². The minimum absolute atomic E-state index is 0.166. The third kappa shape index (κ3) is 36.3. The van der Waals surface area contributed by atoms with Gasteiger partial charge in [0, 0.05) is 12.8 Å². The highest BCUT2D eigenvalue weighted by Gasteiger charge is 2.27. The van der Waals surface area contributed by atoms with E-state index in [4.69, 9.17) is 19.1 Å². The molecule has 51 heavy (non-hydrogen) atoms. The lowest BCUT2D eigenvalue weighted by Crippen LogP contribution is -2.29. The third-order valence-corrected chi connectivity index (χ3v) is 9.26. The van der Waals surface area contributed by atoms with Gasteiger partial charge in [0.1, 0.15) is 12.7 Å². The number of phosphoric acid groups is 1. The summed E-state index contributed by atoms with van der Waals surface area (Å²) in [6.45, 7) is 2.24. The molecular formula is C40H73O10P. The lowest BCUT2D eigenvalue weighted by molar-refractivity contribution is -0.161. The Morgan fingerprint density at radius 3 is 1.63 bits per heavy atom. The monoisotopic (exact) mass is 744 g/mol. The normalized spacial score (nSPS) is 14.4. The molecule has 10 nitrogen and oxygen atoms in total. The van der Waals surface area contributed by atoms with Gasteiger partial charge in [-0.1, -0.05) is 147 Å². The van der Waals surface area contributed by atoms with E-state index in [0.717, 1.165) is 70.6 Å². The first-order valence-corrected chi connectivity index (χ1v) is 21.4. The highest BCUT2D eigenvalue weighted by molar-refractivity contribution is 7.47. The molecule has 0 radical (unpaired) electrons. The number of carbonyl (C=O) groups is 2. The molecule has 0 aliphatic carbocycles. The number of unbranched alkanes of at least 4 members (excludes halogenated alkanes) is 17. The molecule has 0 aromatic carbocycles. The van der Waals surface area contributed by atoms with Crippen LogP contribution in [-0.4, -0.2) is 65.7 Å². The maximum absolute atomic E-state index is 12.6. The predicted molar refractivity (Wildman–Crippen MR) is 205 cm³/mol. The number of hydrogen-bond acceptors (Lipinski definition) is 9. The second-order valence-corrected chi connectivity index (χ2v) is 14.7. The summed E-state index contributed by atoms with van der Waals surface area (Å²) in [6.07, 6.45) is 35.4. The van der Waals surface area contributed by atoms with Gasteiger partial charge in [-0.25, -0.2) is 4.57 Å². The van der Waals surface area contributed by atoms with Gasteiger partial charge in [0.25, 0.3) is 0 Å². The van der Waals surface area contributed by atoms with E-state index in [1.807, 2.05) is 0 Å². The molecule has 0 aromatic rings. The predicted octanol–water partition coefficient (Wildman–Crippen LogP) is 10.00. The Morgan fingerprint density at radius 1 is 0.608 bits per heavy atom. The molecule has 0 amide bonds. The van der Waals surface area contributed by atoms with Gasteiger partial charge in [0.15, 0.2) is 6.10 Å². The molecule has 0 aliphatic rings. The van der Waals surface area contributed by atoms with Gasteiger partial charge in [0.05, 0.1) is 19.8 Å². The average Bonchev–Trinajstić information content (AvgIpc) is 3.12. The Labute approximate surface area is 310 Å². The summed E-state index contributed by atoms with van der Waals surface area (Å²) in [6, 6.07) is 0. The van der Waals surface area contributed by atoms with E-state index in [2.05, 4.69) is 54.8 Å². The molecule has 3 atom stereocenters. The topological polar surface area (TPSA) is 149 Å². The standard InChI is InChI=1S/C40H73O10P/c1-3-5-7-9-11-13-15-17-18-20-22-24-26-28-30-32-40(44)50-38(36-49-51(45,46)48-34-37(42)33-41)35-47-39(43)31-29-27-25-23-21-19-16-14-12-10-8-6-4-2/h5,7,11,13,17-18,37-38,41-42H,3-4,6,8-10,12,14-16,19-36H2,1-2H3,(H,45,46)/b7-5-,13-11-,18-17-. The fraction of sp³-hybridized carbons (Fsp3) is 0.800. The van der Waals surface area contributed by atoms with Crippen LogP contribution >= 0.6 is 7.82 Å². The first-order valence-electron chi connectivity index (χ1n) is 19.9. The first kappa shape index (κ1) is 49.2. The highest BCUT2D eigenvalue weighted by Crippen LogP contribution is 2.43. The quantitative estimate of drug-likeness (QED) is 0.0243. The molecule has 3 unspecified atom stereocenters. The second kappa shape index (κ2) is 36.5. The van der Waals surface area contributed by atoms with Crippen molar-refractivity contribution in [3.8, 4) is 0 Å². The number of hydrogen-bond donors (Lipinski definition) is 3. The fourth-order valence-electron chi connectivity index (χ4n) is 5.24. The molecule has 0 fully saturated rings. The van der Waals surface area contributed by atoms with Crippen LogP contribution in [0.25, 0.3) is 0 Å². The van der Waals surface area contributed by atoms with Crippen LogP contribution in [-0.2, 0) is 32.7 Å². The van der Waals surface area contributed by atoms with E-state index in [1.165, 1.54) is 57.8 Å². The molecule has 0 bridgehead atoms. The number of aliphatic hydroxyl groups excluding tert-OH is 2. The van der Waals surface area contributed by atoms with Gasteiger partial charge in [-0.15, -0.1) is 0 Å². The molecule has 0 aliphatic heterocycles. The van der Waals surface area contributed by atoms with Crippen LogP contribution in [0.1, 0.15) is 168 Å². The molecule has 0 aromatic heterocycles. The zero-order valence-corrected chi connectivity index (χ0v) is 33.0. The molecule has 0 spiro atoms. The number of phosphoric ester groups is 1. The second-order valence-electron chi connectivity index (χ2n) is 13.3. The van der Waals surface area contributed by atoms with Crippen LogP contribution in [0.4, 0.5) is 0 Å². The van der Waals surface area contributed by atoms with E-state index < -0.39 is 51.8 Å². The molecule has 0 saturated heterocycles. The van der Waals surface area contributed by atoms with Crippen molar-refractivity contribution in [3.63, 3.8) is 0 Å². The largest absolute Gasteiger partial charge is 0.472 e. The van der Waals surface area contributed by atoms with Crippen LogP contribution in [0.5, 0.6) is 0 Å². The minimum atomic E-state index is -4.62. The highest BCUT2D eigenvalue weighted by atomic mass is 31.2. The number of rotatable bonds is 37. The third-order valence-electron chi connectivity index (χ3n) is 8.31. The minimum Gasteiger partial charge on any atom is -0.462 e. The number of ether oxygens (including phenoxy) is 2. The van der Waals surface area contributed by atoms with Gasteiger partial charge in [-0.2, -0.15) is 0 Å². The van der Waals surface area contributed by atoms with Crippen molar-refractivity contribution in [1.29, 1.82) is 0 Å². The van der Waals surface area contributed by atoms with E-state index in [0.29, 0.717) is 12.8 Å². The Morgan fingerprint density at radius 2 is 1.08 bits per heavy atom. The van der Waals surface area contributed by atoms with Crippen molar-refractivity contribution in [2.75, 3.05) is 26.4 Å². The summed E-state index contributed by atoms with van der Waals surface area (Å²) in [5, 5.41) is 18.3. The molecule has 298 valence electrons. The molecule has 0 heterocycles. The van der Waals surface area contributed by atoms with E-state index in [9.17, 15) is 24.2 Å². The average molecular weight is 745 g/mol. The van der Waals surface area contributed by atoms with Gasteiger partial charge >= 0.3 is 19.8 Å². The van der Waals surface area contributed by atoms with Gasteiger partial charge in [0.2, 0.25) is 0 Å².